The second kappa shape index (κ2) is 51.2. The zero-order valence-electron chi connectivity index (χ0n) is 2.58. The van der Waals surface area contributed by atoms with Crippen molar-refractivity contribution in [3.05, 3.63) is 0 Å². The zero-order chi connectivity index (χ0) is 2.00. The van der Waals surface area contributed by atoms with Gasteiger partial charge in [-0.15, -0.1) is 0 Å². The monoisotopic (exact) mass is 122 g/mol. The van der Waals surface area contributed by atoms with E-state index in [9.17, 15) is 0 Å². The Morgan fingerprint density at radius 2 is 1.00 bits per heavy atom. The Bertz CT molecular complexity index is 9.61. The molecule has 0 aliphatic heterocycles. The maximum atomic E-state index is 8.28. The second-order valence-electron chi connectivity index (χ2n) is 0. The predicted octanol–water partition coefficient (Wildman–Crippen LogP) is -7.14. The summed E-state index contributed by atoms with van der Waals surface area (Å²) in [5.74, 6) is 0. The number of halogens is 2. The molecule has 0 aromatic carbocycles. The molecule has 0 bridgehead atoms. The number of hydrogen-bond acceptors (Lipinski definition) is 1. The third-order valence-corrected chi connectivity index (χ3v) is 0. The fraction of sp³-hybridized carbons (Fsp3) is 0. The average molecular weight is 122 g/mol. The van der Waals surface area contributed by atoms with Crippen molar-refractivity contribution < 1.29 is 13.2 Å². The standard InChI is InChI=1S/Al.Ca.2FH.O.H/h;;2*1H;;/q;+2;;;;/p-2. The summed E-state index contributed by atoms with van der Waals surface area (Å²) in [5, 5.41) is 0. The molecule has 0 spiro atoms. The Kier molecular flexibility index (Phi) is 327. The molecule has 1 nitrogen and oxygen atoms in total. The van der Waals surface area contributed by atoms with E-state index < -0.39 is 0 Å². The van der Waals surface area contributed by atoms with Gasteiger partial charge >= 0.3 is 57.8 Å². The van der Waals surface area contributed by atoms with Crippen LogP contribution in [0.2, 0.25) is 0 Å². The van der Waals surface area contributed by atoms with Gasteiger partial charge < -0.3 is 9.41 Å². The number of rotatable bonds is 0. The number of hydrogen-bond donors (Lipinski definition) is 0. The molecule has 5 heavy (non-hydrogen) atoms. The van der Waals surface area contributed by atoms with Crippen molar-refractivity contribution in [2.24, 2.45) is 0 Å². The SMILES string of the molecule is [Ca+2].[F-].[F-].[O]=[AlH]. The van der Waals surface area contributed by atoms with E-state index in [0.717, 1.165) is 0 Å². The minimum absolute atomic E-state index is 0. The summed E-state index contributed by atoms with van der Waals surface area (Å²) in [6.07, 6.45) is 0. The molecule has 0 unspecified atom stereocenters. The fourth-order valence-electron chi connectivity index (χ4n) is 0. The van der Waals surface area contributed by atoms with Crippen LogP contribution in [0.15, 0.2) is 0 Å². The molecule has 0 radical (unpaired) electrons. The van der Waals surface area contributed by atoms with Crippen LogP contribution < -0.4 is 9.41 Å². The Labute approximate surface area is 66.5 Å². The van der Waals surface area contributed by atoms with Gasteiger partial charge in [0.15, 0.2) is 0 Å². The van der Waals surface area contributed by atoms with Gasteiger partial charge in [-0.25, -0.2) is 0 Å². The second-order valence-corrected chi connectivity index (χ2v) is 0. The molecule has 0 aliphatic rings. The summed E-state index contributed by atoms with van der Waals surface area (Å²) in [7, 11) is 0. The summed E-state index contributed by atoms with van der Waals surface area (Å²) in [6, 6.07) is 0. The van der Waals surface area contributed by atoms with E-state index >= 15 is 0 Å². The Balaban J connectivity index is -0.00000000167. The van der Waals surface area contributed by atoms with Gasteiger partial charge in [0.1, 0.15) is 0 Å². The molecule has 0 N–H and O–H groups in total. The summed E-state index contributed by atoms with van der Waals surface area (Å²) in [6.45, 7) is 0. The summed E-state index contributed by atoms with van der Waals surface area (Å²) < 4.78 is 8.28. The van der Waals surface area contributed by atoms with Crippen LogP contribution >= 0.6 is 0 Å². The van der Waals surface area contributed by atoms with Crippen LogP contribution in [0.5, 0.6) is 0 Å². The molecule has 0 heterocycles. The van der Waals surface area contributed by atoms with Gasteiger partial charge in [-0.1, -0.05) is 0 Å². The molecular formula is HAlCaF2O. The van der Waals surface area contributed by atoms with Gasteiger partial charge in [-0.3, -0.25) is 0 Å². The molecule has 0 aliphatic carbocycles. The van der Waals surface area contributed by atoms with Crippen molar-refractivity contribution in [2.75, 3.05) is 0 Å². The van der Waals surface area contributed by atoms with Gasteiger partial charge in [0.25, 0.3) is 0 Å². The Hall–Kier alpha value is 1.45. The van der Waals surface area contributed by atoms with E-state index in [1.54, 1.807) is 0 Å². The molecule has 0 aromatic heterocycles. The first-order chi connectivity index (χ1) is 1.00. The molecule has 0 aromatic rings. The molecule has 0 rings (SSSR count). The van der Waals surface area contributed by atoms with Gasteiger partial charge in [-0.05, 0) is 0 Å². The summed E-state index contributed by atoms with van der Waals surface area (Å²) >= 11 is 0.611. The molecule has 0 atom stereocenters. The van der Waals surface area contributed by atoms with Crippen LogP contribution in [0.3, 0.4) is 0 Å². The van der Waals surface area contributed by atoms with E-state index in [1.807, 2.05) is 0 Å². The first-order valence-electron chi connectivity index (χ1n) is 0.289. The topological polar surface area (TPSA) is 17.1 Å². The van der Waals surface area contributed by atoms with Crippen LogP contribution in [-0.4, -0.2) is 54.0 Å². The average Bonchev–Trinajstić information content (AvgIpc) is 1.00. The quantitative estimate of drug-likeness (QED) is 0.292. The molecule has 0 amide bonds. The Morgan fingerprint density at radius 1 is 1.00 bits per heavy atom. The Morgan fingerprint density at radius 3 is 1.00 bits per heavy atom. The third-order valence-electron chi connectivity index (χ3n) is 0. The van der Waals surface area contributed by atoms with Crippen molar-refractivity contribution in [2.45, 2.75) is 0 Å². The zero-order valence-corrected chi connectivity index (χ0v) is 6.20. The summed E-state index contributed by atoms with van der Waals surface area (Å²) in [5.41, 5.74) is 0. The maximum absolute atomic E-state index is 8.28. The van der Waals surface area contributed by atoms with E-state index in [-0.39, 0.29) is 47.1 Å². The van der Waals surface area contributed by atoms with Crippen LogP contribution in [0.25, 0.3) is 0 Å². The molecular weight excluding hydrogens is 121 g/mol. The third kappa shape index (κ3) is 30.8. The van der Waals surface area contributed by atoms with Crippen molar-refractivity contribution in [1.82, 2.24) is 0 Å². The molecule has 0 saturated carbocycles. The van der Waals surface area contributed by atoms with Crippen molar-refractivity contribution in [3.63, 3.8) is 0 Å². The van der Waals surface area contributed by atoms with Crippen molar-refractivity contribution in [1.29, 1.82) is 0 Å². The van der Waals surface area contributed by atoms with Crippen LogP contribution in [0, 0.1) is 0 Å². The molecule has 0 saturated heterocycles. The first-order valence-corrected chi connectivity index (χ1v) is 0.866. The molecule has 26 valence electrons. The normalized spacial score (nSPS) is 0.600. The minimum atomic E-state index is 0. The van der Waals surface area contributed by atoms with Gasteiger partial charge in [-0.2, -0.15) is 0 Å². The van der Waals surface area contributed by atoms with Crippen LogP contribution in [0.1, 0.15) is 0 Å². The van der Waals surface area contributed by atoms with Crippen molar-refractivity contribution >= 4 is 54.0 Å². The van der Waals surface area contributed by atoms with Crippen LogP contribution in [-0.2, 0) is 3.80 Å². The predicted molar refractivity (Wildman–Crippen MR) is 13.6 cm³/mol. The molecule has 0 fully saturated rings. The van der Waals surface area contributed by atoms with E-state index in [1.165, 1.54) is 0 Å². The van der Waals surface area contributed by atoms with Gasteiger partial charge in [0, 0.05) is 0 Å². The van der Waals surface area contributed by atoms with E-state index in [0.29, 0.717) is 16.2 Å². The van der Waals surface area contributed by atoms with Crippen molar-refractivity contribution in [3.8, 4) is 0 Å². The fourth-order valence-corrected chi connectivity index (χ4v) is 0. The van der Waals surface area contributed by atoms with Gasteiger partial charge in [0.05, 0.1) is 0 Å². The van der Waals surface area contributed by atoms with E-state index in [4.69, 9.17) is 3.80 Å². The van der Waals surface area contributed by atoms with E-state index in [2.05, 4.69) is 0 Å². The summed E-state index contributed by atoms with van der Waals surface area (Å²) in [4.78, 5) is 0. The van der Waals surface area contributed by atoms with Crippen LogP contribution in [0.4, 0.5) is 0 Å². The molecule has 5 heteroatoms. The van der Waals surface area contributed by atoms with Gasteiger partial charge in [0.2, 0.25) is 0 Å². The first kappa shape index (κ1) is 31.9.